The lowest BCUT2D eigenvalue weighted by Gasteiger charge is -2.20. The molecule has 3 rings (SSSR count). The lowest BCUT2D eigenvalue weighted by Crippen LogP contribution is -2.43. The molecule has 1 aliphatic rings. The number of para-hydroxylation sites is 1. The van der Waals surface area contributed by atoms with Crippen molar-refractivity contribution in [1.82, 2.24) is 10.3 Å². The van der Waals surface area contributed by atoms with Crippen molar-refractivity contribution in [3.63, 3.8) is 0 Å². The maximum atomic E-state index is 12.1. The van der Waals surface area contributed by atoms with Crippen LogP contribution in [0.1, 0.15) is 16.8 Å². The highest BCUT2D eigenvalue weighted by Crippen LogP contribution is 2.19. The standard InChI is InChI=1S/C14H16N2O3/c17-13(16-8-14(18)5-6-19-9-14)11-7-15-12-4-2-1-3-10(11)12/h1-4,7,15,18H,5-6,8-9H2,(H,16,17). The number of amides is 1. The lowest BCUT2D eigenvalue weighted by molar-refractivity contribution is 0.0265. The van der Waals surface area contributed by atoms with Crippen LogP contribution in [-0.2, 0) is 4.74 Å². The molecule has 2 aromatic rings. The van der Waals surface area contributed by atoms with Crippen LogP contribution in [0.25, 0.3) is 10.9 Å². The minimum Gasteiger partial charge on any atom is -0.386 e. The van der Waals surface area contributed by atoms with E-state index in [-0.39, 0.29) is 19.1 Å². The number of ether oxygens (including phenoxy) is 1. The summed E-state index contributed by atoms with van der Waals surface area (Å²) in [4.78, 5) is 15.2. The number of benzene rings is 1. The Kier molecular flexibility index (Phi) is 3.00. The first-order chi connectivity index (χ1) is 9.18. The molecule has 100 valence electrons. The van der Waals surface area contributed by atoms with Gasteiger partial charge < -0.3 is 20.1 Å². The summed E-state index contributed by atoms with van der Waals surface area (Å²) in [5.74, 6) is -0.183. The molecule has 0 radical (unpaired) electrons. The van der Waals surface area contributed by atoms with Crippen molar-refractivity contribution in [2.75, 3.05) is 19.8 Å². The molecule has 0 aliphatic carbocycles. The molecule has 1 fully saturated rings. The summed E-state index contributed by atoms with van der Waals surface area (Å²) in [6, 6.07) is 7.63. The number of rotatable bonds is 3. The van der Waals surface area contributed by atoms with Gasteiger partial charge in [0.05, 0.1) is 12.2 Å². The summed E-state index contributed by atoms with van der Waals surface area (Å²) in [5, 5.41) is 13.8. The van der Waals surface area contributed by atoms with Gasteiger partial charge >= 0.3 is 0 Å². The van der Waals surface area contributed by atoms with Crippen molar-refractivity contribution >= 4 is 16.8 Å². The lowest BCUT2D eigenvalue weighted by atomic mass is 10.0. The fourth-order valence-electron chi connectivity index (χ4n) is 2.34. The summed E-state index contributed by atoms with van der Waals surface area (Å²) >= 11 is 0. The molecule has 1 amide bonds. The van der Waals surface area contributed by atoms with Gasteiger partial charge in [-0.25, -0.2) is 0 Å². The van der Waals surface area contributed by atoms with E-state index < -0.39 is 5.60 Å². The van der Waals surface area contributed by atoms with Crippen LogP contribution in [0.2, 0.25) is 0 Å². The molecule has 1 aromatic heterocycles. The summed E-state index contributed by atoms with van der Waals surface area (Å²) in [6.07, 6.45) is 2.25. The van der Waals surface area contributed by atoms with Gasteiger partial charge in [-0.1, -0.05) is 18.2 Å². The third-order valence-corrected chi connectivity index (χ3v) is 3.49. The maximum absolute atomic E-state index is 12.1. The van der Waals surface area contributed by atoms with E-state index in [1.54, 1.807) is 6.20 Å². The van der Waals surface area contributed by atoms with Gasteiger partial charge in [-0.3, -0.25) is 4.79 Å². The number of aromatic nitrogens is 1. The van der Waals surface area contributed by atoms with Gasteiger partial charge in [0.15, 0.2) is 0 Å². The normalized spacial score (nSPS) is 22.8. The number of fused-ring (bicyclic) bond motifs is 1. The quantitative estimate of drug-likeness (QED) is 0.772. The summed E-state index contributed by atoms with van der Waals surface area (Å²) in [7, 11) is 0. The van der Waals surface area contributed by atoms with Crippen molar-refractivity contribution in [1.29, 1.82) is 0 Å². The van der Waals surface area contributed by atoms with Crippen LogP contribution >= 0.6 is 0 Å². The zero-order chi connectivity index (χ0) is 13.3. The fraction of sp³-hybridized carbons (Fsp3) is 0.357. The van der Waals surface area contributed by atoms with Crippen molar-refractivity contribution in [2.45, 2.75) is 12.0 Å². The fourth-order valence-corrected chi connectivity index (χ4v) is 2.34. The topological polar surface area (TPSA) is 74.3 Å². The Hall–Kier alpha value is -1.85. The minimum atomic E-state index is -0.929. The summed E-state index contributed by atoms with van der Waals surface area (Å²) in [5.41, 5.74) is 0.593. The first kappa shape index (κ1) is 12.2. The van der Waals surface area contributed by atoms with Crippen LogP contribution in [0.4, 0.5) is 0 Å². The molecule has 0 bridgehead atoms. The van der Waals surface area contributed by atoms with Crippen LogP contribution in [0.3, 0.4) is 0 Å². The third kappa shape index (κ3) is 2.34. The number of hydrogen-bond donors (Lipinski definition) is 3. The number of hydrogen-bond acceptors (Lipinski definition) is 3. The van der Waals surface area contributed by atoms with Gasteiger partial charge in [0.2, 0.25) is 0 Å². The molecule has 3 N–H and O–H groups in total. The monoisotopic (exact) mass is 260 g/mol. The molecule has 0 saturated carbocycles. The maximum Gasteiger partial charge on any atom is 0.253 e. The Morgan fingerprint density at radius 2 is 2.32 bits per heavy atom. The number of carbonyl (C=O) groups excluding carboxylic acids is 1. The van der Waals surface area contributed by atoms with E-state index in [0.29, 0.717) is 18.6 Å². The van der Waals surface area contributed by atoms with E-state index >= 15 is 0 Å². The zero-order valence-corrected chi connectivity index (χ0v) is 10.5. The first-order valence-corrected chi connectivity index (χ1v) is 6.32. The second-order valence-corrected chi connectivity index (χ2v) is 4.96. The Bertz CT molecular complexity index is 600. The number of aromatic amines is 1. The molecular formula is C14H16N2O3. The second kappa shape index (κ2) is 4.68. The molecule has 1 saturated heterocycles. The number of nitrogens with one attached hydrogen (secondary N) is 2. The molecule has 19 heavy (non-hydrogen) atoms. The van der Waals surface area contributed by atoms with E-state index in [9.17, 15) is 9.90 Å². The average molecular weight is 260 g/mol. The smallest absolute Gasteiger partial charge is 0.253 e. The minimum absolute atomic E-state index is 0.183. The second-order valence-electron chi connectivity index (χ2n) is 4.96. The van der Waals surface area contributed by atoms with E-state index in [0.717, 1.165) is 10.9 Å². The molecule has 0 spiro atoms. The molecule has 5 nitrogen and oxygen atoms in total. The van der Waals surface area contributed by atoms with Gasteiger partial charge in [-0.05, 0) is 6.07 Å². The Labute approximate surface area is 110 Å². The van der Waals surface area contributed by atoms with Crippen LogP contribution < -0.4 is 5.32 Å². The Morgan fingerprint density at radius 3 is 3.11 bits per heavy atom. The molecule has 2 heterocycles. The third-order valence-electron chi connectivity index (χ3n) is 3.49. The number of H-pyrrole nitrogens is 1. The first-order valence-electron chi connectivity index (χ1n) is 6.32. The van der Waals surface area contributed by atoms with E-state index in [1.165, 1.54) is 0 Å². The van der Waals surface area contributed by atoms with E-state index in [4.69, 9.17) is 4.74 Å². The van der Waals surface area contributed by atoms with Crippen LogP contribution in [-0.4, -0.2) is 41.4 Å². The van der Waals surface area contributed by atoms with Gasteiger partial charge in [0, 0.05) is 36.7 Å². The van der Waals surface area contributed by atoms with Crippen molar-refractivity contribution in [2.24, 2.45) is 0 Å². The van der Waals surface area contributed by atoms with Crippen LogP contribution in [0, 0.1) is 0 Å². The van der Waals surface area contributed by atoms with E-state index in [1.807, 2.05) is 24.3 Å². The highest BCUT2D eigenvalue weighted by molar-refractivity contribution is 6.06. The van der Waals surface area contributed by atoms with Gasteiger partial charge in [-0.2, -0.15) is 0 Å². The summed E-state index contributed by atoms with van der Waals surface area (Å²) < 4.78 is 5.15. The van der Waals surface area contributed by atoms with E-state index in [2.05, 4.69) is 10.3 Å². The van der Waals surface area contributed by atoms with Crippen LogP contribution in [0.5, 0.6) is 0 Å². The molecule has 5 heteroatoms. The highest BCUT2D eigenvalue weighted by Gasteiger charge is 2.32. The number of aliphatic hydroxyl groups is 1. The predicted molar refractivity (Wildman–Crippen MR) is 71.0 cm³/mol. The highest BCUT2D eigenvalue weighted by atomic mass is 16.5. The van der Waals surface area contributed by atoms with Crippen molar-refractivity contribution in [3.05, 3.63) is 36.0 Å². The van der Waals surface area contributed by atoms with Crippen LogP contribution in [0.15, 0.2) is 30.5 Å². The van der Waals surface area contributed by atoms with Crippen molar-refractivity contribution in [3.8, 4) is 0 Å². The predicted octanol–water partition coefficient (Wildman–Crippen LogP) is 1.05. The Balaban J connectivity index is 1.73. The SMILES string of the molecule is O=C(NCC1(O)CCOC1)c1c[nH]c2ccccc12. The molecule has 1 atom stereocenters. The Morgan fingerprint density at radius 1 is 1.47 bits per heavy atom. The molecule has 1 unspecified atom stereocenters. The molecule has 1 aliphatic heterocycles. The molecular weight excluding hydrogens is 244 g/mol. The largest absolute Gasteiger partial charge is 0.386 e. The molecule has 1 aromatic carbocycles. The summed E-state index contributed by atoms with van der Waals surface area (Å²) in [6.45, 7) is 1.03. The van der Waals surface area contributed by atoms with Gasteiger partial charge in [0.1, 0.15) is 5.60 Å². The van der Waals surface area contributed by atoms with Crippen molar-refractivity contribution < 1.29 is 14.6 Å². The zero-order valence-electron chi connectivity index (χ0n) is 10.5. The average Bonchev–Trinajstić information content (AvgIpc) is 3.03. The van der Waals surface area contributed by atoms with Gasteiger partial charge in [0.25, 0.3) is 5.91 Å². The van der Waals surface area contributed by atoms with Gasteiger partial charge in [-0.15, -0.1) is 0 Å². The number of carbonyl (C=O) groups is 1.